The topological polar surface area (TPSA) is 20.2 Å². The van der Waals surface area contributed by atoms with Gasteiger partial charge in [-0.3, -0.25) is 0 Å². The van der Waals surface area contributed by atoms with Crippen LogP contribution in [-0.2, 0) is 22.4 Å². The van der Waals surface area contributed by atoms with Gasteiger partial charge >= 0.3 is 0 Å². The van der Waals surface area contributed by atoms with Gasteiger partial charge in [0.2, 0.25) is 0 Å². The number of hydrogen-bond acceptors (Lipinski definition) is 1. The molecule has 24 heavy (non-hydrogen) atoms. The van der Waals surface area contributed by atoms with E-state index in [1.807, 2.05) is 66.7 Å². The Morgan fingerprint density at radius 2 is 0.750 bits per heavy atom. The second-order valence-electron chi connectivity index (χ2n) is 4.31. The van der Waals surface area contributed by atoms with E-state index in [4.69, 9.17) is 5.11 Å². The normalized spacial score (nSPS) is 7.50. The van der Waals surface area contributed by atoms with Crippen LogP contribution < -0.4 is 0 Å². The molecule has 0 amide bonds. The van der Waals surface area contributed by atoms with E-state index in [0.717, 1.165) is 11.1 Å². The average molecular weight is 487 g/mol. The van der Waals surface area contributed by atoms with Gasteiger partial charge in [0.1, 0.15) is 5.75 Å². The number of hydrogen-bond donors (Lipinski definition) is 1. The summed E-state index contributed by atoms with van der Waals surface area (Å²) in [7, 11) is 0. The third-order valence-electron chi connectivity index (χ3n) is 2.44. The van der Waals surface area contributed by atoms with Gasteiger partial charge in [-0.05, 0) is 12.1 Å². The van der Waals surface area contributed by atoms with Crippen molar-refractivity contribution in [3.63, 3.8) is 0 Å². The van der Waals surface area contributed by atoms with Crippen LogP contribution in [0.15, 0.2) is 91.0 Å². The van der Waals surface area contributed by atoms with Crippen LogP contribution in [0.2, 0.25) is 0 Å². The molecule has 0 saturated heterocycles. The molecular formula is C22H26OTa-4. The second kappa shape index (κ2) is 17.3. The van der Waals surface area contributed by atoms with Gasteiger partial charge in [0.15, 0.2) is 0 Å². The van der Waals surface area contributed by atoms with Crippen molar-refractivity contribution in [2.75, 3.05) is 0 Å². The van der Waals surface area contributed by atoms with Crippen molar-refractivity contribution in [1.82, 2.24) is 0 Å². The van der Waals surface area contributed by atoms with E-state index in [1.54, 1.807) is 24.3 Å². The Balaban J connectivity index is -0.000000259. The van der Waals surface area contributed by atoms with Gasteiger partial charge < -0.3 is 20.0 Å². The first-order chi connectivity index (χ1) is 10.2. The summed E-state index contributed by atoms with van der Waals surface area (Å²) in [6.07, 6.45) is 0. The fourth-order valence-corrected chi connectivity index (χ4v) is 1.38. The zero-order chi connectivity index (χ0) is 15.3. The monoisotopic (exact) mass is 487 g/mol. The number of aromatic hydroxyl groups is 1. The van der Waals surface area contributed by atoms with Crippen LogP contribution in [0.3, 0.4) is 0 Å². The number of phenolic OH excluding ortho intramolecular Hbond substituents is 1. The maximum atomic E-state index is 8.63. The summed E-state index contributed by atoms with van der Waals surface area (Å²) < 4.78 is 0. The smallest absolute Gasteiger partial charge is 0.115 e. The fraction of sp³-hybridized carbons (Fsp3) is 0. The van der Waals surface area contributed by atoms with E-state index >= 15 is 0 Å². The van der Waals surface area contributed by atoms with Gasteiger partial charge in [-0.15, -0.1) is 24.3 Å². The van der Waals surface area contributed by atoms with Crippen LogP contribution in [0, 0.1) is 28.7 Å². The fourth-order valence-electron chi connectivity index (χ4n) is 1.38. The van der Waals surface area contributed by atoms with E-state index < -0.39 is 0 Å². The molecule has 0 saturated carbocycles. The molecule has 0 unspecified atom stereocenters. The first-order valence-corrected chi connectivity index (χ1v) is 6.66. The van der Waals surface area contributed by atoms with Crippen LogP contribution in [0.25, 0.3) is 0 Å². The van der Waals surface area contributed by atoms with Gasteiger partial charge in [0.05, 0.1) is 0 Å². The van der Waals surface area contributed by atoms with Crippen LogP contribution in [-0.4, -0.2) is 5.11 Å². The maximum absolute atomic E-state index is 8.63. The molecule has 1 nitrogen and oxygen atoms in total. The van der Waals surface area contributed by atoms with E-state index in [1.165, 1.54) is 0 Å². The van der Waals surface area contributed by atoms with Gasteiger partial charge in [0.25, 0.3) is 0 Å². The standard InChI is InChI=1S/2C7H7.C6H6O.2CH3.Ta/c2*1-7-5-3-2-4-6-7;7-6-4-2-1-3-5-6;;;/h2*2-6H,1H2;1-5,7H;2*1H3;/q2*-1;;2*-1;. The molecule has 3 aromatic carbocycles. The predicted molar refractivity (Wildman–Crippen MR) is 103 cm³/mol. The van der Waals surface area contributed by atoms with E-state index in [9.17, 15) is 0 Å². The molecule has 0 atom stereocenters. The molecule has 0 fully saturated rings. The van der Waals surface area contributed by atoms with Crippen LogP contribution in [0.4, 0.5) is 0 Å². The SMILES string of the molecule is Oc1ccccc1.[CH2-]c1ccccc1.[CH2-]c1ccccc1.[CH3-].[CH3-].[Ta]. The van der Waals surface area contributed by atoms with E-state index in [-0.39, 0.29) is 37.2 Å². The minimum atomic E-state index is 0. The summed E-state index contributed by atoms with van der Waals surface area (Å²) in [5, 5.41) is 8.63. The summed E-state index contributed by atoms with van der Waals surface area (Å²) >= 11 is 0. The number of phenols is 1. The largest absolute Gasteiger partial charge is 0.508 e. The minimum absolute atomic E-state index is 0. The average Bonchev–Trinajstić information content (AvgIpc) is 2.51. The summed E-state index contributed by atoms with van der Waals surface area (Å²) in [5.74, 6) is 0.322. The maximum Gasteiger partial charge on any atom is 0.115 e. The van der Waals surface area contributed by atoms with Gasteiger partial charge in [-0.2, -0.15) is 49.2 Å². The second-order valence-corrected chi connectivity index (χ2v) is 4.31. The first-order valence-electron chi connectivity index (χ1n) is 6.66. The number of rotatable bonds is 0. The van der Waals surface area contributed by atoms with Gasteiger partial charge in [-0.25, -0.2) is 0 Å². The molecule has 2 heteroatoms. The molecule has 0 bridgehead atoms. The first kappa shape index (κ1) is 26.8. The molecule has 1 radical (unpaired) electrons. The van der Waals surface area contributed by atoms with E-state index in [0.29, 0.717) is 5.75 Å². The van der Waals surface area contributed by atoms with Gasteiger partial charge in [0, 0.05) is 22.4 Å². The van der Waals surface area contributed by atoms with Crippen molar-refractivity contribution in [2.24, 2.45) is 0 Å². The minimum Gasteiger partial charge on any atom is -0.508 e. The molecule has 0 aliphatic carbocycles. The molecule has 0 aliphatic heterocycles. The third-order valence-corrected chi connectivity index (χ3v) is 2.44. The Morgan fingerprint density at radius 1 is 0.500 bits per heavy atom. The molecule has 129 valence electrons. The number of para-hydroxylation sites is 1. The van der Waals surface area contributed by atoms with Crippen LogP contribution in [0.5, 0.6) is 5.75 Å². The van der Waals surface area contributed by atoms with Crippen molar-refractivity contribution in [3.8, 4) is 5.75 Å². The Bertz CT molecular complexity index is 491. The summed E-state index contributed by atoms with van der Waals surface area (Å²) in [5.41, 5.74) is 2.14. The van der Waals surface area contributed by atoms with Crippen molar-refractivity contribution < 1.29 is 27.5 Å². The van der Waals surface area contributed by atoms with Gasteiger partial charge in [-0.1, -0.05) is 30.3 Å². The Morgan fingerprint density at radius 3 is 0.875 bits per heavy atom. The zero-order valence-electron chi connectivity index (χ0n) is 14.5. The predicted octanol–water partition coefficient (Wildman–Crippen LogP) is 6.03. The molecule has 0 aromatic heterocycles. The molecule has 0 aliphatic rings. The molecule has 0 heterocycles. The van der Waals surface area contributed by atoms with E-state index in [2.05, 4.69) is 13.8 Å². The van der Waals surface area contributed by atoms with Crippen molar-refractivity contribution in [2.45, 2.75) is 0 Å². The quantitative estimate of drug-likeness (QED) is 0.384. The Hall–Kier alpha value is -2.06. The molecule has 3 aromatic rings. The number of benzene rings is 3. The van der Waals surface area contributed by atoms with Crippen molar-refractivity contribution in [1.29, 1.82) is 0 Å². The molecule has 3 rings (SSSR count). The Labute approximate surface area is 163 Å². The molecular weight excluding hydrogens is 461 g/mol. The summed E-state index contributed by atoms with van der Waals surface area (Å²) in [6, 6.07) is 28.5. The zero-order valence-corrected chi connectivity index (χ0v) is 17.7. The molecule has 0 spiro atoms. The molecule has 1 N–H and O–H groups in total. The Kier molecular flexibility index (Phi) is 19.3. The van der Waals surface area contributed by atoms with Crippen molar-refractivity contribution in [3.05, 3.63) is 131 Å². The van der Waals surface area contributed by atoms with Crippen LogP contribution in [0.1, 0.15) is 11.1 Å². The third kappa shape index (κ3) is 14.9. The van der Waals surface area contributed by atoms with Crippen LogP contribution >= 0.6 is 0 Å². The summed E-state index contributed by atoms with van der Waals surface area (Å²) in [4.78, 5) is 0. The summed E-state index contributed by atoms with van der Waals surface area (Å²) in [6.45, 7) is 7.44. The van der Waals surface area contributed by atoms with Crippen molar-refractivity contribution >= 4 is 0 Å².